The van der Waals surface area contributed by atoms with Crippen LogP contribution in [0.25, 0.3) is 0 Å². The molecule has 0 saturated carbocycles. The second kappa shape index (κ2) is 12.0. The van der Waals surface area contributed by atoms with Crippen molar-refractivity contribution in [3.8, 4) is 0 Å². The van der Waals surface area contributed by atoms with Gasteiger partial charge in [-0.1, -0.05) is 17.7 Å². The first-order chi connectivity index (χ1) is 11.6. The van der Waals surface area contributed by atoms with Gasteiger partial charge in [0.2, 0.25) is 5.91 Å². The van der Waals surface area contributed by atoms with Gasteiger partial charge in [-0.2, -0.15) is 11.8 Å². The second-order valence-corrected chi connectivity index (χ2v) is 6.73. The lowest BCUT2D eigenvalue weighted by Crippen LogP contribution is -2.39. The Morgan fingerprint density at radius 3 is 2.71 bits per heavy atom. The predicted molar refractivity (Wildman–Crippen MR) is 106 cm³/mol. The molecule has 0 bridgehead atoms. The van der Waals surface area contributed by atoms with Crippen LogP contribution in [-0.2, 0) is 4.79 Å². The minimum Gasteiger partial charge on any atom is -0.356 e. The lowest BCUT2D eigenvalue weighted by Gasteiger charge is -2.12. The van der Waals surface area contributed by atoms with E-state index in [0.29, 0.717) is 18.0 Å². The summed E-state index contributed by atoms with van der Waals surface area (Å²) >= 11 is 7.91. The summed E-state index contributed by atoms with van der Waals surface area (Å²) in [5.41, 5.74) is 1.63. The van der Waals surface area contributed by atoms with E-state index in [2.05, 4.69) is 27.2 Å². The third kappa shape index (κ3) is 7.93. The average Bonchev–Trinajstić information content (AvgIpc) is 2.57. The lowest BCUT2D eigenvalue weighted by molar-refractivity contribution is -0.116. The van der Waals surface area contributed by atoms with Gasteiger partial charge < -0.3 is 16.0 Å². The third-order valence-corrected chi connectivity index (χ3v) is 4.58. The summed E-state index contributed by atoms with van der Waals surface area (Å²) in [4.78, 5) is 16.2. The van der Waals surface area contributed by atoms with Crippen LogP contribution < -0.4 is 16.0 Å². The summed E-state index contributed by atoms with van der Waals surface area (Å²) in [7, 11) is 1.73. The Bertz CT molecular complexity index is 551. The average molecular weight is 371 g/mol. The summed E-state index contributed by atoms with van der Waals surface area (Å²) in [6.07, 6.45) is 4.77. The molecule has 0 spiro atoms. The Labute approximate surface area is 154 Å². The highest BCUT2D eigenvalue weighted by Gasteiger charge is 2.07. The van der Waals surface area contributed by atoms with Crippen molar-refractivity contribution in [1.29, 1.82) is 0 Å². The summed E-state index contributed by atoms with van der Waals surface area (Å²) in [5, 5.41) is 9.93. The standard InChI is InChI=1S/C17H27ClN4OS/c1-13-14(18)7-6-8-15(13)22-16(23)9-11-21-17(19-2)20-10-4-5-12-24-3/h6-8H,4-5,9-12H2,1-3H3,(H,22,23)(H2,19,20,21). The molecule has 0 unspecified atom stereocenters. The number of rotatable bonds is 9. The van der Waals surface area contributed by atoms with E-state index in [4.69, 9.17) is 11.6 Å². The molecule has 1 aromatic rings. The number of halogens is 1. The number of thioether (sulfide) groups is 1. The van der Waals surface area contributed by atoms with E-state index in [9.17, 15) is 4.79 Å². The third-order valence-electron chi connectivity index (χ3n) is 3.48. The van der Waals surface area contributed by atoms with Crippen molar-refractivity contribution in [3.63, 3.8) is 0 Å². The van der Waals surface area contributed by atoms with Crippen LogP contribution in [-0.4, -0.2) is 44.0 Å². The predicted octanol–water partition coefficient (Wildman–Crippen LogP) is 3.29. The maximum absolute atomic E-state index is 12.0. The van der Waals surface area contributed by atoms with Gasteiger partial charge in [0.1, 0.15) is 0 Å². The molecule has 0 fully saturated rings. The largest absolute Gasteiger partial charge is 0.356 e. The van der Waals surface area contributed by atoms with Gasteiger partial charge in [0.25, 0.3) is 0 Å². The Hall–Kier alpha value is -1.40. The molecule has 5 nitrogen and oxygen atoms in total. The number of unbranched alkanes of at least 4 members (excludes halogenated alkanes) is 1. The van der Waals surface area contributed by atoms with Gasteiger partial charge in [-0.05, 0) is 49.5 Å². The number of carbonyl (C=O) groups excluding carboxylic acids is 1. The molecule has 24 heavy (non-hydrogen) atoms. The van der Waals surface area contributed by atoms with Gasteiger partial charge in [0.05, 0.1) is 0 Å². The van der Waals surface area contributed by atoms with E-state index in [-0.39, 0.29) is 5.91 Å². The Balaban J connectivity index is 2.27. The topological polar surface area (TPSA) is 65.5 Å². The first-order valence-electron chi connectivity index (χ1n) is 8.07. The molecule has 0 radical (unpaired) electrons. The fourth-order valence-electron chi connectivity index (χ4n) is 2.05. The highest BCUT2D eigenvalue weighted by atomic mass is 35.5. The van der Waals surface area contributed by atoms with Crippen LogP contribution in [0.1, 0.15) is 24.8 Å². The number of guanidine groups is 1. The van der Waals surface area contributed by atoms with Crippen LogP contribution >= 0.6 is 23.4 Å². The minimum absolute atomic E-state index is 0.0525. The van der Waals surface area contributed by atoms with Crippen LogP contribution in [0.15, 0.2) is 23.2 Å². The summed E-state index contributed by atoms with van der Waals surface area (Å²) in [6.45, 7) is 3.29. The van der Waals surface area contributed by atoms with Gasteiger partial charge in [0.15, 0.2) is 5.96 Å². The summed E-state index contributed by atoms with van der Waals surface area (Å²) in [5.74, 6) is 1.85. The van der Waals surface area contributed by atoms with E-state index in [1.165, 1.54) is 12.2 Å². The van der Waals surface area contributed by atoms with Crippen molar-refractivity contribution in [3.05, 3.63) is 28.8 Å². The number of hydrogen-bond donors (Lipinski definition) is 3. The highest BCUT2D eigenvalue weighted by molar-refractivity contribution is 7.98. The number of anilines is 1. The molecule has 1 amide bonds. The van der Waals surface area contributed by atoms with Crippen molar-refractivity contribution in [1.82, 2.24) is 10.6 Å². The number of amides is 1. The Kier molecular flexibility index (Phi) is 10.4. The number of aliphatic imine (C=N–C) groups is 1. The molecule has 134 valence electrons. The van der Waals surface area contributed by atoms with Gasteiger partial charge >= 0.3 is 0 Å². The summed E-state index contributed by atoms with van der Waals surface area (Å²) in [6, 6.07) is 5.48. The van der Waals surface area contributed by atoms with Crippen LogP contribution in [0, 0.1) is 6.92 Å². The molecule has 1 aromatic carbocycles. The smallest absolute Gasteiger partial charge is 0.226 e. The normalized spacial score (nSPS) is 11.2. The van der Waals surface area contributed by atoms with Crippen LogP contribution in [0.4, 0.5) is 5.69 Å². The molecule has 0 aliphatic rings. The molecule has 1 rings (SSSR count). The Morgan fingerprint density at radius 1 is 1.25 bits per heavy atom. The SMILES string of the molecule is CN=C(NCCCCSC)NCCC(=O)Nc1cccc(Cl)c1C. The molecule has 0 saturated heterocycles. The molecule has 0 atom stereocenters. The molecule has 3 N–H and O–H groups in total. The van der Waals surface area contributed by atoms with E-state index < -0.39 is 0 Å². The maximum atomic E-state index is 12.0. The minimum atomic E-state index is -0.0525. The van der Waals surface area contributed by atoms with Gasteiger partial charge in [-0.25, -0.2) is 0 Å². The molecular weight excluding hydrogens is 344 g/mol. The monoisotopic (exact) mass is 370 g/mol. The fourth-order valence-corrected chi connectivity index (χ4v) is 2.72. The zero-order chi connectivity index (χ0) is 17.8. The summed E-state index contributed by atoms with van der Waals surface area (Å²) < 4.78 is 0. The van der Waals surface area contributed by atoms with Crippen LogP contribution in [0.5, 0.6) is 0 Å². The van der Waals surface area contributed by atoms with Crippen LogP contribution in [0.3, 0.4) is 0 Å². The Morgan fingerprint density at radius 2 is 2.00 bits per heavy atom. The fraction of sp³-hybridized carbons (Fsp3) is 0.529. The molecule has 0 heterocycles. The van der Waals surface area contributed by atoms with Crippen LogP contribution in [0.2, 0.25) is 5.02 Å². The second-order valence-electron chi connectivity index (χ2n) is 5.34. The van der Waals surface area contributed by atoms with E-state index in [1.807, 2.05) is 36.9 Å². The van der Waals surface area contributed by atoms with Gasteiger partial charge in [-0.15, -0.1) is 0 Å². The van der Waals surface area contributed by atoms with Crippen molar-refractivity contribution in [2.24, 2.45) is 4.99 Å². The van der Waals surface area contributed by atoms with Crippen molar-refractivity contribution < 1.29 is 4.79 Å². The number of nitrogens with one attached hydrogen (secondary N) is 3. The van der Waals surface area contributed by atoms with E-state index in [1.54, 1.807) is 7.05 Å². The van der Waals surface area contributed by atoms with Gasteiger partial charge in [-0.3, -0.25) is 9.79 Å². The van der Waals surface area contributed by atoms with Crippen molar-refractivity contribution >= 4 is 40.9 Å². The van der Waals surface area contributed by atoms with Crippen molar-refractivity contribution in [2.75, 3.05) is 37.5 Å². The van der Waals surface area contributed by atoms with Gasteiger partial charge in [0, 0.05) is 37.3 Å². The van der Waals surface area contributed by atoms with E-state index >= 15 is 0 Å². The number of benzene rings is 1. The van der Waals surface area contributed by atoms with E-state index in [0.717, 1.165) is 30.2 Å². The lowest BCUT2D eigenvalue weighted by atomic mass is 10.2. The number of nitrogens with zero attached hydrogens (tertiary/aromatic N) is 1. The maximum Gasteiger partial charge on any atom is 0.226 e. The first-order valence-corrected chi connectivity index (χ1v) is 9.84. The number of hydrogen-bond acceptors (Lipinski definition) is 3. The molecule has 0 aliphatic carbocycles. The number of carbonyl (C=O) groups is 1. The molecule has 0 aliphatic heterocycles. The zero-order valence-corrected chi connectivity index (χ0v) is 16.2. The quantitative estimate of drug-likeness (QED) is 0.354. The molecule has 7 heteroatoms. The highest BCUT2D eigenvalue weighted by Crippen LogP contribution is 2.22. The molecular formula is C17H27ClN4OS. The zero-order valence-electron chi connectivity index (χ0n) is 14.6. The van der Waals surface area contributed by atoms with Crippen molar-refractivity contribution in [2.45, 2.75) is 26.2 Å². The first kappa shape index (κ1) is 20.6. The molecule has 0 aromatic heterocycles.